The Hall–Kier alpha value is -2.28. The summed E-state index contributed by atoms with van der Waals surface area (Å²) in [5.74, 6) is 0.199. The first-order chi connectivity index (χ1) is 14.9. The maximum atomic E-state index is 14.0. The molecule has 1 N–H and O–H groups in total. The number of nitrogens with one attached hydrogen (secondary N) is 1. The number of carbonyl (C=O) groups is 1. The fourth-order valence-corrected chi connectivity index (χ4v) is 4.11. The van der Waals surface area contributed by atoms with Crippen LogP contribution in [-0.2, 0) is 4.79 Å². The lowest BCUT2D eigenvalue weighted by molar-refractivity contribution is -0.190. The summed E-state index contributed by atoms with van der Waals surface area (Å²) in [5, 5.41) is 2.13. The van der Waals surface area contributed by atoms with Gasteiger partial charge in [-0.2, -0.15) is 13.2 Å². The first-order valence-electron chi connectivity index (χ1n) is 11.2. The molecule has 1 aliphatic rings. The highest BCUT2D eigenvalue weighted by Gasteiger charge is 2.47. The monoisotopic (exact) mass is 436 g/mol. The van der Waals surface area contributed by atoms with Crippen LogP contribution in [0.5, 0.6) is 5.75 Å². The number of nitrogens with zero attached hydrogens (tertiary/aromatic N) is 1. The van der Waals surface area contributed by atoms with Crippen molar-refractivity contribution in [1.29, 1.82) is 0 Å². The van der Waals surface area contributed by atoms with Gasteiger partial charge in [-0.25, -0.2) is 5.01 Å². The van der Waals surface area contributed by atoms with Gasteiger partial charge in [-0.05, 0) is 23.4 Å². The number of fused-ring (bicyclic) bond motifs is 1. The fraction of sp³-hybridized carbons (Fsp3) is 0.542. The van der Waals surface area contributed by atoms with Crippen molar-refractivity contribution < 1.29 is 22.7 Å². The Morgan fingerprint density at radius 2 is 1.68 bits per heavy atom. The molecule has 1 unspecified atom stereocenters. The molecule has 1 fully saturated rings. The van der Waals surface area contributed by atoms with Gasteiger partial charge in [0.15, 0.2) is 6.04 Å². The van der Waals surface area contributed by atoms with E-state index in [1.165, 1.54) is 38.2 Å². The van der Waals surface area contributed by atoms with Gasteiger partial charge in [0.05, 0.1) is 6.61 Å². The first-order valence-corrected chi connectivity index (χ1v) is 11.2. The number of carbonyl (C=O) groups excluding carboxylic acids is 1. The van der Waals surface area contributed by atoms with E-state index in [9.17, 15) is 18.0 Å². The van der Waals surface area contributed by atoms with E-state index in [0.717, 1.165) is 17.9 Å². The van der Waals surface area contributed by atoms with Crippen LogP contribution < -0.4 is 10.2 Å². The van der Waals surface area contributed by atoms with Crippen LogP contribution in [0.1, 0.15) is 69.9 Å². The predicted octanol–water partition coefficient (Wildman–Crippen LogP) is 6.31. The minimum absolute atomic E-state index is 0.0217. The number of rotatable bonds is 11. The number of halogens is 3. The average molecular weight is 437 g/mol. The third-order valence-corrected chi connectivity index (χ3v) is 5.69. The lowest BCUT2D eigenvalue weighted by Crippen LogP contribution is -2.43. The number of amides is 1. The molecule has 1 heterocycles. The van der Waals surface area contributed by atoms with Crippen molar-refractivity contribution in [3.8, 4) is 5.75 Å². The molecule has 0 bridgehead atoms. The Kier molecular flexibility index (Phi) is 8.18. The van der Waals surface area contributed by atoms with Crippen molar-refractivity contribution in [1.82, 2.24) is 10.4 Å². The van der Waals surface area contributed by atoms with Crippen molar-refractivity contribution in [2.45, 2.75) is 70.5 Å². The molecule has 0 radical (unpaired) electrons. The number of ether oxygens (including phenoxy) is 1. The van der Waals surface area contributed by atoms with Gasteiger partial charge in [-0.15, -0.1) is 0 Å². The second-order valence-corrected chi connectivity index (χ2v) is 8.09. The highest BCUT2D eigenvalue weighted by atomic mass is 19.4. The predicted molar refractivity (Wildman–Crippen MR) is 116 cm³/mol. The zero-order valence-corrected chi connectivity index (χ0v) is 18.0. The summed E-state index contributed by atoms with van der Waals surface area (Å²) < 4.78 is 47.9. The van der Waals surface area contributed by atoms with E-state index < -0.39 is 18.1 Å². The van der Waals surface area contributed by atoms with Gasteiger partial charge >= 0.3 is 6.18 Å². The third kappa shape index (κ3) is 6.12. The van der Waals surface area contributed by atoms with Crippen LogP contribution >= 0.6 is 0 Å². The Balaban J connectivity index is 1.74. The lowest BCUT2D eigenvalue weighted by atomic mass is 9.97. The molecule has 2 aromatic rings. The second-order valence-electron chi connectivity index (χ2n) is 8.09. The molecule has 0 aliphatic carbocycles. The normalized spacial score (nSPS) is 15.9. The van der Waals surface area contributed by atoms with Crippen molar-refractivity contribution in [3.63, 3.8) is 0 Å². The molecule has 4 nitrogen and oxygen atoms in total. The van der Waals surface area contributed by atoms with Gasteiger partial charge in [-0.1, -0.05) is 75.8 Å². The minimum Gasteiger partial charge on any atom is -0.493 e. The molecular formula is C24H31F3N2O2. The zero-order valence-electron chi connectivity index (χ0n) is 18.0. The van der Waals surface area contributed by atoms with Crippen molar-refractivity contribution >= 4 is 16.7 Å². The Morgan fingerprint density at radius 3 is 2.32 bits per heavy atom. The summed E-state index contributed by atoms with van der Waals surface area (Å²) in [7, 11) is 0. The molecule has 1 aliphatic heterocycles. The number of benzene rings is 2. The number of unbranched alkanes of at least 4 members (excludes halogenated alkanes) is 6. The van der Waals surface area contributed by atoms with Crippen LogP contribution in [0.3, 0.4) is 0 Å². The van der Waals surface area contributed by atoms with Gasteiger partial charge in [0.25, 0.3) is 0 Å². The van der Waals surface area contributed by atoms with Crippen molar-refractivity contribution in [2.24, 2.45) is 0 Å². The number of hydrogen-bond acceptors (Lipinski definition) is 3. The van der Waals surface area contributed by atoms with Crippen molar-refractivity contribution in [3.05, 3.63) is 42.0 Å². The van der Waals surface area contributed by atoms with E-state index in [0.29, 0.717) is 23.1 Å². The van der Waals surface area contributed by atoms with Gasteiger partial charge in [0, 0.05) is 18.4 Å². The smallest absolute Gasteiger partial charge is 0.409 e. The maximum absolute atomic E-state index is 14.0. The molecular weight excluding hydrogens is 405 g/mol. The topological polar surface area (TPSA) is 41.6 Å². The van der Waals surface area contributed by atoms with E-state index >= 15 is 0 Å². The van der Waals surface area contributed by atoms with Crippen LogP contribution in [0, 0.1) is 0 Å². The molecule has 3 rings (SSSR count). The van der Waals surface area contributed by atoms with E-state index in [-0.39, 0.29) is 18.5 Å². The summed E-state index contributed by atoms with van der Waals surface area (Å²) in [4.78, 5) is 11.5. The zero-order chi connectivity index (χ0) is 22.3. The lowest BCUT2D eigenvalue weighted by Gasteiger charge is -2.30. The third-order valence-electron chi connectivity index (χ3n) is 5.69. The van der Waals surface area contributed by atoms with E-state index in [1.807, 2.05) is 0 Å². The maximum Gasteiger partial charge on any atom is 0.409 e. The molecule has 1 saturated heterocycles. The molecule has 1 atom stereocenters. The van der Waals surface area contributed by atoms with E-state index in [2.05, 4.69) is 12.3 Å². The van der Waals surface area contributed by atoms with Gasteiger partial charge in [0.1, 0.15) is 5.75 Å². The van der Waals surface area contributed by atoms with Gasteiger partial charge in [-0.3, -0.25) is 10.2 Å². The largest absolute Gasteiger partial charge is 0.493 e. The van der Waals surface area contributed by atoms with Gasteiger partial charge < -0.3 is 4.74 Å². The molecule has 31 heavy (non-hydrogen) atoms. The van der Waals surface area contributed by atoms with E-state index in [1.54, 1.807) is 30.3 Å². The molecule has 1 amide bonds. The summed E-state index contributed by atoms with van der Waals surface area (Å²) in [6.45, 7) is 2.76. The van der Waals surface area contributed by atoms with Crippen LogP contribution in [0.2, 0.25) is 0 Å². The average Bonchev–Trinajstić information content (AvgIpc) is 3.15. The summed E-state index contributed by atoms with van der Waals surface area (Å²) >= 11 is 0. The summed E-state index contributed by atoms with van der Waals surface area (Å²) in [6.07, 6.45) is 3.72. The summed E-state index contributed by atoms with van der Waals surface area (Å²) in [6, 6.07) is 8.19. The highest BCUT2D eigenvalue weighted by molar-refractivity contribution is 5.91. The second kappa shape index (κ2) is 10.8. The SMILES string of the molecule is CCCCCCCCCOc1ccc(C(N2CCC(=O)N2)C(F)(F)F)c2ccccc12. The minimum atomic E-state index is -4.53. The Morgan fingerprint density at radius 1 is 1.00 bits per heavy atom. The molecule has 7 heteroatoms. The Labute approximate surface area is 181 Å². The number of alkyl halides is 3. The molecule has 0 aromatic heterocycles. The molecule has 2 aromatic carbocycles. The first kappa shape index (κ1) is 23.4. The van der Waals surface area contributed by atoms with Crippen LogP contribution in [0.25, 0.3) is 10.8 Å². The molecule has 0 spiro atoms. The van der Waals surface area contributed by atoms with E-state index in [4.69, 9.17) is 4.74 Å². The van der Waals surface area contributed by atoms with Crippen LogP contribution in [0.4, 0.5) is 13.2 Å². The Bertz CT molecular complexity index is 870. The molecule has 0 saturated carbocycles. The van der Waals surface area contributed by atoms with Crippen molar-refractivity contribution in [2.75, 3.05) is 13.2 Å². The standard InChI is InChI=1S/C24H31F3N2O2/c1-2-3-4-5-6-7-10-17-31-21-14-13-20(18-11-8-9-12-19(18)21)23(24(25,26)27)29-16-15-22(30)28-29/h8-9,11-14,23H,2-7,10,15-17H2,1H3,(H,28,30). The summed E-state index contributed by atoms with van der Waals surface area (Å²) in [5.41, 5.74) is 2.47. The van der Waals surface area contributed by atoms with Crippen LogP contribution in [-0.4, -0.2) is 30.2 Å². The molecule has 170 valence electrons. The quantitative estimate of drug-likeness (QED) is 0.420. The fourth-order valence-electron chi connectivity index (χ4n) is 4.11. The van der Waals surface area contributed by atoms with Gasteiger partial charge in [0.2, 0.25) is 5.91 Å². The van der Waals surface area contributed by atoms with Crippen LogP contribution in [0.15, 0.2) is 36.4 Å². The number of hydrazine groups is 1. The number of hydrogen-bond donors (Lipinski definition) is 1. The highest BCUT2D eigenvalue weighted by Crippen LogP contribution is 2.42.